The van der Waals surface area contributed by atoms with E-state index >= 15 is 0 Å². The van der Waals surface area contributed by atoms with E-state index in [1.807, 2.05) is 0 Å². The van der Waals surface area contributed by atoms with Crippen molar-refractivity contribution in [3.05, 3.63) is 34.6 Å². The molecule has 1 heterocycles. The van der Waals surface area contributed by atoms with Gasteiger partial charge in [0.1, 0.15) is 5.82 Å². The molecule has 1 atom stereocenters. The standard InChI is InChI=1S/C16H19F7N2/c1-2-3-13(25-6-4-24-5-7-25)14-11(16(21,22)23)8-10(9-12(14)17)15(18,19)20/h8-9,13,24H,2-7H2,1H3/t13-/m1/s1. The van der Waals surface area contributed by atoms with E-state index in [1.165, 1.54) is 0 Å². The van der Waals surface area contributed by atoms with Gasteiger partial charge in [-0.1, -0.05) is 13.3 Å². The minimum atomic E-state index is -5.07. The quantitative estimate of drug-likeness (QED) is 0.777. The Morgan fingerprint density at radius 2 is 1.64 bits per heavy atom. The van der Waals surface area contributed by atoms with Gasteiger partial charge in [-0.3, -0.25) is 4.90 Å². The average molecular weight is 372 g/mol. The number of alkyl halides is 6. The smallest absolute Gasteiger partial charge is 0.314 e. The lowest BCUT2D eigenvalue weighted by Gasteiger charge is -2.36. The topological polar surface area (TPSA) is 15.3 Å². The number of nitrogens with one attached hydrogen (secondary N) is 1. The first kappa shape index (κ1) is 20.0. The van der Waals surface area contributed by atoms with Crippen LogP contribution in [-0.2, 0) is 12.4 Å². The van der Waals surface area contributed by atoms with Gasteiger partial charge in [-0.05, 0) is 18.6 Å². The van der Waals surface area contributed by atoms with Crippen LogP contribution in [0.2, 0.25) is 0 Å². The molecular formula is C16H19F7N2. The molecule has 0 bridgehead atoms. The van der Waals surface area contributed by atoms with E-state index in [0.717, 1.165) is 0 Å². The molecule has 0 radical (unpaired) electrons. The number of halogens is 7. The first-order valence-electron chi connectivity index (χ1n) is 7.98. The predicted octanol–water partition coefficient (Wildman–Crippen LogP) is 4.61. The van der Waals surface area contributed by atoms with Crippen LogP contribution in [0, 0.1) is 5.82 Å². The van der Waals surface area contributed by atoms with Gasteiger partial charge < -0.3 is 5.32 Å². The molecule has 9 heteroatoms. The van der Waals surface area contributed by atoms with Crippen LogP contribution in [0.15, 0.2) is 12.1 Å². The average Bonchev–Trinajstić information content (AvgIpc) is 2.51. The molecular weight excluding hydrogens is 353 g/mol. The van der Waals surface area contributed by atoms with Gasteiger partial charge in [0.05, 0.1) is 11.1 Å². The summed E-state index contributed by atoms with van der Waals surface area (Å²) < 4.78 is 93.1. The van der Waals surface area contributed by atoms with Crippen LogP contribution in [0.4, 0.5) is 30.7 Å². The van der Waals surface area contributed by atoms with Gasteiger partial charge in [-0.2, -0.15) is 26.3 Å². The fraction of sp³-hybridized carbons (Fsp3) is 0.625. The first-order valence-corrected chi connectivity index (χ1v) is 7.98. The minimum Gasteiger partial charge on any atom is -0.314 e. The number of hydrogen-bond acceptors (Lipinski definition) is 2. The molecule has 1 aromatic rings. The van der Waals surface area contributed by atoms with E-state index in [-0.39, 0.29) is 18.6 Å². The maximum absolute atomic E-state index is 14.5. The Bertz CT molecular complexity index is 589. The van der Waals surface area contributed by atoms with Crippen molar-refractivity contribution in [3.8, 4) is 0 Å². The van der Waals surface area contributed by atoms with Gasteiger partial charge in [-0.15, -0.1) is 0 Å². The summed E-state index contributed by atoms with van der Waals surface area (Å²) in [6.45, 7) is 3.61. The largest absolute Gasteiger partial charge is 0.416 e. The van der Waals surface area contributed by atoms with E-state index in [2.05, 4.69) is 5.32 Å². The summed E-state index contributed by atoms with van der Waals surface area (Å²) in [5, 5.41) is 3.05. The Hall–Kier alpha value is -1.35. The van der Waals surface area contributed by atoms with Crippen LogP contribution >= 0.6 is 0 Å². The zero-order chi connectivity index (χ0) is 18.8. The molecule has 1 fully saturated rings. The highest BCUT2D eigenvalue weighted by Crippen LogP contribution is 2.42. The molecule has 25 heavy (non-hydrogen) atoms. The molecule has 1 aliphatic heterocycles. The molecule has 0 aromatic heterocycles. The summed E-state index contributed by atoms with van der Waals surface area (Å²) in [4.78, 5) is 1.70. The summed E-state index contributed by atoms with van der Waals surface area (Å²) in [6, 6.07) is -0.732. The molecule has 2 rings (SSSR count). The van der Waals surface area contributed by atoms with Crippen molar-refractivity contribution in [1.29, 1.82) is 0 Å². The zero-order valence-electron chi connectivity index (χ0n) is 13.6. The fourth-order valence-electron chi connectivity index (χ4n) is 3.13. The van der Waals surface area contributed by atoms with Crippen molar-refractivity contribution in [2.24, 2.45) is 0 Å². The van der Waals surface area contributed by atoms with Crippen LogP contribution in [0.25, 0.3) is 0 Å². The van der Waals surface area contributed by atoms with E-state index in [9.17, 15) is 30.7 Å². The van der Waals surface area contributed by atoms with E-state index in [0.29, 0.717) is 32.6 Å². The molecule has 2 nitrogen and oxygen atoms in total. The predicted molar refractivity (Wildman–Crippen MR) is 78.5 cm³/mol. The normalized spacial score (nSPS) is 18.4. The van der Waals surface area contributed by atoms with Crippen LogP contribution in [0.1, 0.15) is 42.5 Å². The minimum absolute atomic E-state index is 0.0171. The highest BCUT2D eigenvalue weighted by atomic mass is 19.4. The van der Waals surface area contributed by atoms with Gasteiger partial charge in [0.2, 0.25) is 0 Å². The second kappa shape index (κ2) is 7.49. The second-order valence-electron chi connectivity index (χ2n) is 6.01. The van der Waals surface area contributed by atoms with Crippen LogP contribution in [0.5, 0.6) is 0 Å². The highest BCUT2D eigenvalue weighted by Gasteiger charge is 2.42. The third-order valence-corrected chi connectivity index (χ3v) is 4.25. The SMILES string of the molecule is CCC[C@H](c1c(F)cc(C(F)(F)F)cc1C(F)(F)F)N1CCNCC1. The lowest BCUT2D eigenvalue weighted by Crippen LogP contribution is -2.45. The van der Waals surface area contributed by atoms with Crippen molar-refractivity contribution in [2.75, 3.05) is 26.2 Å². The van der Waals surface area contributed by atoms with Crippen molar-refractivity contribution in [3.63, 3.8) is 0 Å². The Labute approximate surface area is 141 Å². The highest BCUT2D eigenvalue weighted by molar-refractivity contribution is 5.39. The van der Waals surface area contributed by atoms with Gasteiger partial charge in [0.15, 0.2) is 0 Å². The number of nitrogens with zero attached hydrogens (tertiary/aromatic N) is 1. The molecule has 0 saturated carbocycles. The lowest BCUT2D eigenvalue weighted by molar-refractivity contribution is -0.144. The summed E-state index contributed by atoms with van der Waals surface area (Å²) in [5.74, 6) is -1.46. The molecule has 1 aromatic carbocycles. The molecule has 0 amide bonds. The molecule has 1 N–H and O–H groups in total. The van der Waals surface area contributed by atoms with Crippen LogP contribution in [-0.4, -0.2) is 31.1 Å². The van der Waals surface area contributed by atoms with E-state index in [1.54, 1.807) is 11.8 Å². The van der Waals surface area contributed by atoms with Crippen molar-refractivity contribution in [1.82, 2.24) is 10.2 Å². The van der Waals surface area contributed by atoms with E-state index < -0.39 is 40.9 Å². The molecule has 0 unspecified atom stereocenters. The lowest BCUT2D eigenvalue weighted by atomic mass is 9.92. The second-order valence-corrected chi connectivity index (χ2v) is 6.01. The van der Waals surface area contributed by atoms with Crippen molar-refractivity contribution < 1.29 is 30.7 Å². The van der Waals surface area contributed by atoms with Crippen molar-refractivity contribution in [2.45, 2.75) is 38.2 Å². The number of hydrogen-bond donors (Lipinski definition) is 1. The molecule has 142 valence electrons. The van der Waals surface area contributed by atoms with Crippen molar-refractivity contribution >= 4 is 0 Å². The maximum Gasteiger partial charge on any atom is 0.416 e. The monoisotopic (exact) mass is 372 g/mol. The van der Waals surface area contributed by atoms with Crippen LogP contribution in [0.3, 0.4) is 0 Å². The zero-order valence-corrected chi connectivity index (χ0v) is 13.6. The molecule has 0 spiro atoms. The molecule has 1 saturated heterocycles. The number of benzene rings is 1. The molecule has 1 aliphatic rings. The van der Waals surface area contributed by atoms with Gasteiger partial charge in [-0.25, -0.2) is 4.39 Å². The Balaban J connectivity index is 2.59. The Morgan fingerprint density at radius 3 is 2.12 bits per heavy atom. The first-order chi connectivity index (χ1) is 11.6. The summed E-state index contributed by atoms with van der Waals surface area (Å²) in [7, 11) is 0. The number of piperazine rings is 1. The number of rotatable bonds is 4. The maximum atomic E-state index is 14.5. The summed E-state index contributed by atoms with van der Waals surface area (Å²) in [5.41, 5.74) is -3.86. The summed E-state index contributed by atoms with van der Waals surface area (Å²) >= 11 is 0. The van der Waals surface area contributed by atoms with Gasteiger partial charge in [0.25, 0.3) is 0 Å². The molecule has 0 aliphatic carbocycles. The fourth-order valence-corrected chi connectivity index (χ4v) is 3.13. The van der Waals surface area contributed by atoms with Crippen LogP contribution < -0.4 is 5.32 Å². The third kappa shape index (κ3) is 4.63. The third-order valence-electron chi connectivity index (χ3n) is 4.25. The van der Waals surface area contributed by atoms with Gasteiger partial charge >= 0.3 is 12.4 Å². The Kier molecular flexibility index (Phi) is 5.98. The van der Waals surface area contributed by atoms with E-state index in [4.69, 9.17) is 0 Å². The Morgan fingerprint density at radius 1 is 1.04 bits per heavy atom. The van der Waals surface area contributed by atoms with Gasteiger partial charge in [0, 0.05) is 37.8 Å². The summed E-state index contributed by atoms with van der Waals surface area (Å²) in [6.07, 6.45) is -9.41.